The van der Waals surface area contributed by atoms with Crippen LogP contribution in [0.4, 0.5) is 10.1 Å². The Morgan fingerprint density at radius 1 is 1.09 bits per heavy atom. The Hall–Kier alpha value is -3.38. The highest BCUT2D eigenvalue weighted by Crippen LogP contribution is 2.33. The second-order valence-corrected chi connectivity index (χ2v) is 10.8. The van der Waals surface area contributed by atoms with E-state index in [1.165, 1.54) is 27.5 Å². The van der Waals surface area contributed by atoms with Crippen LogP contribution in [0, 0.1) is 12.7 Å². The van der Waals surface area contributed by atoms with Gasteiger partial charge in [0.15, 0.2) is 0 Å². The van der Waals surface area contributed by atoms with Crippen LogP contribution in [0.2, 0.25) is 0 Å². The molecule has 1 unspecified atom stereocenters. The van der Waals surface area contributed by atoms with Crippen molar-refractivity contribution in [3.05, 3.63) is 53.1 Å². The standard InChI is InChI=1S/C23H24FN5O5S/c1-14-2-3-16(12-25-14)35(33,34)28-8-6-27(7-9-28)20-10-15-13-29(23(32)17(15)11-18(20)24)19-4-5-21(30)26-22(19)31/h2-3,10-12,19H,4-9,13H2,1H3,(H,26,30,31). The number of benzene rings is 1. The largest absolute Gasteiger partial charge is 0.367 e. The molecule has 1 atom stereocenters. The van der Waals surface area contributed by atoms with Crippen molar-refractivity contribution in [2.45, 2.75) is 37.2 Å². The van der Waals surface area contributed by atoms with Gasteiger partial charge in [0, 0.05) is 56.6 Å². The van der Waals surface area contributed by atoms with Crippen molar-refractivity contribution in [3.8, 4) is 0 Å². The molecule has 2 aromatic rings. The highest BCUT2D eigenvalue weighted by molar-refractivity contribution is 7.89. The van der Waals surface area contributed by atoms with Gasteiger partial charge >= 0.3 is 0 Å². The first-order valence-corrected chi connectivity index (χ1v) is 12.7. The summed E-state index contributed by atoms with van der Waals surface area (Å²) in [7, 11) is -3.70. The number of carbonyl (C=O) groups excluding carboxylic acids is 3. The van der Waals surface area contributed by atoms with Crippen molar-refractivity contribution in [1.82, 2.24) is 19.5 Å². The Labute approximate surface area is 201 Å². The number of hydrogen-bond acceptors (Lipinski definition) is 7. The summed E-state index contributed by atoms with van der Waals surface area (Å²) in [6.45, 7) is 2.82. The van der Waals surface area contributed by atoms with Crippen molar-refractivity contribution < 1.29 is 27.2 Å². The Balaban J connectivity index is 1.31. The summed E-state index contributed by atoms with van der Waals surface area (Å²) in [6, 6.07) is 5.17. The summed E-state index contributed by atoms with van der Waals surface area (Å²) in [5.41, 5.74) is 1.80. The van der Waals surface area contributed by atoms with E-state index in [-0.39, 0.29) is 67.6 Å². The fourth-order valence-corrected chi connectivity index (χ4v) is 6.11. The van der Waals surface area contributed by atoms with Gasteiger partial charge in [0.25, 0.3) is 5.91 Å². The third-order valence-electron chi connectivity index (χ3n) is 6.69. The average Bonchev–Trinajstić information content (AvgIpc) is 3.14. The fraction of sp³-hybridized carbons (Fsp3) is 0.391. The van der Waals surface area contributed by atoms with Crippen LogP contribution < -0.4 is 10.2 Å². The number of pyridine rings is 1. The number of nitrogens with zero attached hydrogens (tertiary/aromatic N) is 4. The number of anilines is 1. The molecule has 1 N–H and O–H groups in total. The highest BCUT2D eigenvalue weighted by Gasteiger charge is 2.40. The number of sulfonamides is 1. The smallest absolute Gasteiger partial charge is 0.255 e. The zero-order valence-corrected chi connectivity index (χ0v) is 19.8. The first-order valence-electron chi connectivity index (χ1n) is 11.3. The molecule has 5 rings (SSSR count). The topological polar surface area (TPSA) is 120 Å². The quantitative estimate of drug-likeness (QED) is 0.616. The van der Waals surface area contributed by atoms with Crippen LogP contribution in [-0.2, 0) is 26.2 Å². The van der Waals surface area contributed by atoms with E-state index >= 15 is 4.39 Å². The highest BCUT2D eigenvalue weighted by atomic mass is 32.2. The molecule has 0 aliphatic carbocycles. The number of piperidine rings is 1. The first kappa shape index (κ1) is 23.4. The van der Waals surface area contributed by atoms with Gasteiger partial charge in [-0.2, -0.15) is 4.31 Å². The van der Waals surface area contributed by atoms with Crippen LogP contribution >= 0.6 is 0 Å². The Morgan fingerprint density at radius 3 is 2.49 bits per heavy atom. The number of hydrogen-bond donors (Lipinski definition) is 1. The molecule has 0 spiro atoms. The summed E-state index contributed by atoms with van der Waals surface area (Å²) in [5.74, 6) is -1.92. The van der Waals surface area contributed by atoms with Crippen LogP contribution in [-0.4, -0.2) is 72.5 Å². The second-order valence-electron chi connectivity index (χ2n) is 8.89. The Kier molecular flexibility index (Phi) is 5.80. The van der Waals surface area contributed by atoms with Crippen LogP contribution in [0.25, 0.3) is 0 Å². The molecule has 3 amide bonds. The number of carbonyl (C=O) groups is 3. The molecule has 1 aromatic carbocycles. The number of rotatable bonds is 4. The maximum atomic E-state index is 15.1. The van der Waals surface area contributed by atoms with Gasteiger partial charge in [-0.05, 0) is 43.2 Å². The molecule has 2 fully saturated rings. The van der Waals surface area contributed by atoms with Gasteiger partial charge in [0.1, 0.15) is 16.8 Å². The van der Waals surface area contributed by atoms with E-state index in [0.29, 0.717) is 5.56 Å². The average molecular weight is 502 g/mol. The lowest BCUT2D eigenvalue weighted by molar-refractivity contribution is -0.136. The molecule has 3 aliphatic rings. The lowest BCUT2D eigenvalue weighted by Crippen LogP contribution is -2.52. The third kappa shape index (κ3) is 4.16. The van der Waals surface area contributed by atoms with E-state index < -0.39 is 33.7 Å². The minimum Gasteiger partial charge on any atom is -0.367 e. The van der Waals surface area contributed by atoms with E-state index in [4.69, 9.17) is 0 Å². The van der Waals surface area contributed by atoms with Gasteiger partial charge in [0.05, 0.1) is 5.69 Å². The molecule has 0 bridgehead atoms. The number of aryl methyl sites for hydroxylation is 1. The zero-order chi connectivity index (χ0) is 24.9. The summed E-state index contributed by atoms with van der Waals surface area (Å²) >= 11 is 0. The van der Waals surface area contributed by atoms with E-state index in [1.54, 1.807) is 24.0 Å². The molecular weight excluding hydrogens is 477 g/mol. The molecule has 0 saturated carbocycles. The van der Waals surface area contributed by atoms with Crippen molar-refractivity contribution in [2.24, 2.45) is 0 Å². The van der Waals surface area contributed by atoms with Crippen LogP contribution in [0.3, 0.4) is 0 Å². The molecule has 10 nitrogen and oxygen atoms in total. The summed E-state index contributed by atoms with van der Waals surface area (Å²) in [6.07, 6.45) is 1.71. The molecule has 35 heavy (non-hydrogen) atoms. The van der Waals surface area contributed by atoms with E-state index in [9.17, 15) is 22.8 Å². The summed E-state index contributed by atoms with van der Waals surface area (Å²) < 4.78 is 42.3. The van der Waals surface area contributed by atoms with Crippen LogP contribution in [0.5, 0.6) is 0 Å². The zero-order valence-electron chi connectivity index (χ0n) is 19.0. The number of imide groups is 1. The minimum atomic E-state index is -3.70. The SMILES string of the molecule is Cc1ccc(S(=O)(=O)N2CCN(c3cc4c(cc3F)C(=O)N(C3CCC(=O)NC3=O)C4)CC2)cn1. The Morgan fingerprint density at radius 2 is 1.83 bits per heavy atom. The second kappa shape index (κ2) is 8.68. The number of aromatic nitrogens is 1. The van der Waals surface area contributed by atoms with Crippen LogP contribution in [0.15, 0.2) is 35.4 Å². The van der Waals surface area contributed by atoms with Crippen molar-refractivity contribution >= 4 is 33.4 Å². The van der Waals surface area contributed by atoms with E-state index in [2.05, 4.69) is 10.3 Å². The van der Waals surface area contributed by atoms with Gasteiger partial charge in [-0.15, -0.1) is 0 Å². The first-order chi connectivity index (χ1) is 16.6. The number of amides is 3. The molecular formula is C23H24FN5O5S. The molecule has 12 heteroatoms. The normalized spacial score (nSPS) is 21.3. The van der Waals surface area contributed by atoms with Crippen molar-refractivity contribution in [3.63, 3.8) is 0 Å². The summed E-state index contributed by atoms with van der Waals surface area (Å²) in [4.78, 5) is 43.9. The van der Waals surface area contributed by atoms with Gasteiger partial charge in [-0.25, -0.2) is 12.8 Å². The summed E-state index contributed by atoms with van der Waals surface area (Å²) in [5, 5.41) is 2.25. The Bertz CT molecular complexity index is 1320. The lowest BCUT2D eigenvalue weighted by Gasteiger charge is -2.35. The molecule has 1 aromatic heterocycles. The van der Waals surface area contributed by atoms with Gasteiger partial charge < -0.3 is 9.80 Å². The van der Waals surface area contributed by atoms with Gasteiger partial charge in [0.2, 0.25) is 21.8 Å². The van der Waals surface area contributed by atoms with Crippen molar-refractivity contribution in [2.75, 3.05) is 31.1 Å². The number of halogens is 1. The van der Waals surface area contributed by atoms with Gasteiger partial charge in [-0.1, -0.05) is 0 Å². The molecule has 2 saturated heterocycles. The molecule has 184 valence electrons. The molecule has 0 radical (unpaired) electrons. The minimum absolute atomic E-state index is 0.118. The molecule has 4 heterocycles. The maximum absolute atomic E-state index is 15.1. The number of piperazine rings is 1. The predicted octanol–water partition coefficient (Wildman–Crippen LogP) is 0.801. The number of fused-ring (bicyclic) bond motifs is 1. The fourth-order valence-electron chi connectivity index (χ4n) is 4.74. The monoisotopic (exact) mass is 501 g/mol. The predicted molar refractivity (Wildman–Crippen MR) is 122 cm³/mol. The van der Waals surface area contributed by atoms with E-state index in [1.807, 2.05) is 0 Å². The van der Waals surface area contributed by atoms with Crippen LogP contribution in [0.1, 0.15) is 34.5 Å². The lowest BCUT2D eigenvalue weighted by atomic mass is 10.0. The molecule has 3 aliphatic heterocycles. The third-order valence-corrected chi connectivity index (χ3v) is 8.57. The van der Waals surface area contributed by atoms with Gasteiger partial charge in [-0.3, -0.25) is 24.7 Å². The van der Waals surface area contributed by atoms with E-state index in [0.717, 1.165) is 5.69 Å². The number of nitrogens with one attached hydrogen (secondary N) is 1. The maximum Gasteiger partial charge on any atom is 0.255 e. The van der Waals surface area contributed by atoms with Crippen molar-refractivity contribution in [1.29, 1.82) is 0 Å².